The zero-order valence-corrected chi connectivity index (χ0v) is 13.1. The molecule has 1 aromatic carbocycles. The van der Waals surface area contributed by atoms with Crippen molar-refractivity contribution in [3.8, 4) is 0 Å². The SMILES string of the molecule is C/C=C/CCNS(=O)(=O)c1ccc2c(c1)N(C(C)=O)CC2. The lowest BCUT2D eigenvalue weighted by Crippen LogP contribution is -2.27. The number of amides is 1. The molecule has 21 heavy (non-hydrogen) atoms. The standard InChI is InChI=1S/C15H20N2O3S/c1-3-4-5-9-16-21(19,20)14-7-6-13-8-10-17(12(2)18)15(13)11-14/h3-4,6-7,11,16H,5,8-10H2,1-2H3/b4-3+. The number of carbonyl (C=O) groups is 1. The summed E-state index contributed by atoms with van der Waals surface area (Å²) in [4.78, 5) is 13.4. The number of carbonyl (C=O) groups excluding carboxylic acids is 1. The number of nitrogens with zero attached hydrogens (tertiary/aromatic N) is 1. The Morgan fingerprint density at radius 3 is 2.86 bits per heavy atom. The molecule has 0 aliphatic carbocycles. The highest BCUT2D eigenvalue weighted by atomic mass is 32.2. The summed E-state index contributed by atoms with van der Waals surface area (Å²) in [5.74, 6) is -0.0654. The Bertz CT molecular complexity index is 665. The van der Waals surface area contributed by atoms with E-state index in [4.69, 9.17) is 0 Å². The fraction of sp³-hybridized carbons (Fsp3) is 0.400. The first-order valence-corrected chi connectivity index (χ1v) is 8.46. The van der Waals surface area contributed by atoms with Gasteiger partial charge in [-0.15, -0.1) is 0 Å². The van der Waals surface area contributed by atoms with Gasteiger partial charge in [0.15, 0.2) is 0 Å². The van der Waals surface area contributed by atoms with E-state index in [1.54, 1.807) is 23.1 Å². The second-order valence-electron chi connectivity index (χ2n) is 4.97. The molecular weight excluding hydrogens is 288 g/mol. The maximum atomic E-state index is 12.2. The van der Waals surface area contributed by atoms with Crippen molar-refractivity contribution < 1.29 is 13.2 Å². The van der Waals surface area contributed by atoms with Crippen LogP contribution >= 0.6 is 0 Å². The van der Waals surface area contributed by atoms with Crippen LogP contribution in [0.25, 0.3) is 0 Å². The summed E-state index contributed by atoms with van der Waals surface area (Å²) in [5.41, 5.74) is 1.72. The van der Waals surface area contributed by atoms with Crippen molar-refractivity contribution in [2.45, 2.75) is 31.6 Å². The van der Waals surface area contributed by atoms with Gasteiger partial charge in [-0.05, 0) is 37.5 Å². The van der Waals surface area contributed by atoms with Crippen molar-refractivity contribution >= 4 is 21.6 Å². The van der Waals surface area contributed by atoms with Crippen LogP contribution in [-0.2, 0) is 21.2 Å². The summed E-state index contributed by atoms with van der Waals surface area (Å²) in [6.07, 6.45) is 5.21. The maximum absolute atomic E-state index is 12.2. The molecule has 0 saturated heterocycles. The van der Waals surface area contributed by atoms with E-state index in [9.17, 15) is 13.2 Å². The Balaban J connectivity index is 2.21. The molecule has 114 valence electrons. The molecule has 1 N–H and O–H groups in total. The highest BCUT2D eigenvalue weighted by Crippen LogP contribution is 2.30. The van der Waals surface area contributed by atoms with Crippen LogP contribution in [0.2, 0.25) is 0 Å². The molecule has 1 heterocycles. The number of fused-ring (bicyclic) bond motifs is 1. The van der Waals surface area contributed by atoms with E-state index in [0.717, 1.165) is 12.0 Å². The fourth-order valence-corrected chi connectivity index (χ4v) is 3.45. The molecule has 1 aromatic rings. The molecule has 1 aliphatic heterocycles. The predicted octanol–water partition coefficient (Wildman–Crippen LogP) is 1.84. The van der Waals surface area contributed by atoms with Crippen LogP contribution in [0.1, 0.15) is 25.8 Å². The highest BCUT2D eigenvalue weighted by Gasteiger charge is 2.24. The van der Waals surface area contributed by atoms with Gasteiger partial charge in [-0.25, -0.2) is 13.1 Å². The lowest BCUT2D eigenvalue weighted by Gasteiger charge is -2.15. The minimum Gasteiger partial charge on any atom is -0.312 e. The third kappa shape index (κ3) is 3.51. The first kappa shape index (κ1) is 15.7. The van der Waals surface area contributed by atoms with Crippen molar-refractivity contribution in [1.82, 2.24) is 4.72 Å². The topological polar surface area (TPSA) is 66.5 Å². The largest absolute Gasteiger partial charge is 0.312 e. The zero-order chi connectivity index (χ0) is 15.5. The van der Waals surface area contributed by atoms with Gasteiger partial charge < -0.3 is 4.90 Å². The molecule has 0 spiro atoms. The zero-order valence-electron chi connectivity index (χ0n) is 12.3. The van der Waals surface area contributed by atoms with Crippen LogP contribution in [0.5, 0.6) is 0 Å². The number of nitrogens with one attached hydrogen (secondary N) is 1. The molecule has 6 heteroatoms. The Hall–Kier alpha value is -1.66. The average molecular weight is 308 g/mol. The fourth-order valence-electron chi connectivity index (χ4n) is 2.38. The number of rotatable bonds is 5. The van der Waals surface area contributed by atoms with Gasteiger partial charge in [0.25, 0.3) is 0 Å². The summed E-state index contributed by atoms with van der Waals surface area (Å²) >= 11 is 0. The highest BCUT2D eigenvalue weighted by molar-refractivity contribution is 7.89. The van der Waals surface area contributed by atoms with E-state index in [0.29, 0.717) is 25.2 Å². The van der Waals surface area contributed by atoms with E-state index in [-0.39, 0.29) is 10.8 Å². The van der Waals surface area contributed by atoms with Gasteiger partial charge in [0.1, 0.15) is 0 Å². The molecular formula is C15H20N2O3S. The lowest BCUT2D eigenvalue weighted by molar-refractivity contribution is -0.116. The molecule has 5 nitrogen and oxygen atoms in total. The lowest BCUT2D eigenvalue weighted by atomic mass is 10.2. The van der Waals surface area contributed by atoms with E-state index in [1.807, 2.05) is 19.1 Å². The summed E-state index contributed by atoms with van der Waals surface area (Å²) < 4.78 is 27.0. The molecule has 2 rings (SSSR count). The van der Waals surface area contributed by atoms with Crippen molar-refractivity contribution in [3.63, 3.8) is 0 Å². The summed E-state index contributed by atoms with van der Waals surface area (Å²) in [6, 6.07) is 4.97. The van der Waals surface area contributed by atoms with Crippen molar-refractivity contribution in [1.29, 1.82) is 0 Å². The molecule has 0 aromatic heterocycles. The molecule has 1 amide bonds. The maximum Gasteiger partial charge on any atom is 0.240 e. The van der Waals surface area contributed by atoms with E-state index in [1.165, 1.54) is 6.92 Å². The Kier molecular flexibility index (Phi) is 4.80. The van der Waals surface area contributed by atoms with Crippen LogP contribution in [-0.4, -0.2) is 27.4 Å². The Labute approximate surface area is 125 Å². The second kappa shape index (κ2) is 6.41. The average Bonchev–Trinajstić information content (AvgIpc) is 2.86. The van der Waals surface area contributed by atoms with Gasteiger partial charge in [0.05, 0.1) is 4.90 Å². The Morgan fingerprint density at radius 2 is 2.19 bits per heavy atom. The minimum absolute atomic E-state index is 0.0654. The second-order valence-corrected chi connectivity index (χ2v) is 6.73. The van der Waals surface area contributed by atoms with E-state index >= 15 is 0 Å². The van der Waals surface area contributed by atoms with Crippen LogP contribution in [0.3, 0.4) is 0 Å². The number of hydrogen-bond acceptors (Lipinski definition) is 3. The number of allylic oxidation sites excluding steroid dienone is 1. The molecule has 0 radical (unpaired) electrons. The number of sulfonamides is 1. The predicted molar refractivity (Wildman–Crippen MR) is 82.8 cm³/mol. The first-order valence-electron chi connectivity index (χ1n) is 6.97. The van der Waals surface area contributed by atoms with Crippen LogP contribution < -0.4 is 9.62 Å². The number of hydrogen-bond donors (Lipinski definition) is 1. The molecule has 0 saturated carbocycles. The third-order valence-corrected chi connectivity index (χ3v) is 4.94. The molecule has 0 atom stereocenters. The van der Waals surface area contributed by atoms with Gasteiger partial charge in [-0.3, -0.25) is 4.79 Å². The van der Waals surface area contributed by atoms with Gasteiger partial charge in [-0.2, -0.15) is 0 Å². The van der Waals surface area contributed by atoms with Crippen molar-refractivity contribution in [3.05, 3.63) is 35.9 Å². The van der Waals surface area contributed by atoms with Crippen molar-refractivity contribution in [2.75, 3.05) is 18.0 Å². The van der Waals surface area contributed by atoms with Crippen LogP contribution in [0.4, 0.5) is 5.69 Å². The van der Waals surface area contributed by atoms with Gasteiger partial charge in [0, 0.05) is 25.7 Å². The summed E-state index contributed by atoms with van der Waals surface area (Å²) in [7, 11) is -3.53. The Morgan fingerprint density at radius 1 is 1.43 bits per heavy atom. The molecule has 1 aliphatic rings. The van der Waals surface area contributed by atoms with Gasteiger partial charge in [0.2, 0.25) is 15.9 Å². The van der Waals surface area contributed by atoms with Crippen molar-refractivity contribution in [2.24, 2.45) is 0 Å². The number of benzene rings is 1. The number of anilines is 1. The van der Waals surface area contributed by atoms with Gasteiger partial charge >= 0.3 is 0 Å². The molecule has 0 fully saturated rings. The normalized spacial score (nSPS) is 14.7. The molecule has 0 bridgehead atoms. The van der Waals surface area contributed by atoms with Gasteiger partial charge in [-0.1, -0.05) is 18.2 Å². The monoisotopic (exact) mass is 308 g/mol. The van der Waals surface area contributed by atoms with E-state index in [2.05, 4.69) is 4.72 Å². The minimum atomic E-state index is -3.53. The first-order chi connectivity index (χ1) is 9.95. The quantitative estimate of drug-likeness (QED) is 0.667. The summed E-state index contributed by atoms with van der Waals surface area (Å²) in [6.45, 7) is 4.36. The third-order valence-electron chi connectivity index (χ3n) is 3.48. The van der Waals surface area contributed by atoms with Crippen LogP contribution in [0.15, 0.2) is 35.2 Å². The van der Waals surface area contributed by atoms with Crippen LogP contribution in [0, 0.1) is 0 Å². The summed E-state index contributed by atoms with van der Waals surface area (Å²) in [5, 5.41) is 0. The van der Waals surface area contributed by atoms with E-state index < -0.39 is 10.0 Å². The smallest absolute Gasteiger partial charge is 0.240 e. The molecule has 0 unspecified atom stereocenters.